The number of rotatable bonds is 4. The van der Waals surface area contributed by atoms with E-state index in [2.05, 4.69) is 30.7 Å². The highest BCUT2D eigenvalue weighted by atomic mass is 16.3. The maximum Gasteiger partial charge on any atom is 0.228 e. The summed E-state index contributed by atoms with van der Waals surface area (Å²) in [7, 11) is 0. The van der Waals surface area contributed by atoms with Crippen molar-refractivity contribution >= 4 is 28.6 Å². The zero-order valence-electron chi connectivity index (χ0n) is 16.8. The van der Waals surface area contributed by atoms with Gasteiger partial charge in [0.2, 0.25) is 11.9 Å². The topological polar surface area (TPSA) is 116 Å². The molecule has 0 atom stereocenters. The van der Waals surface area contributed by atoms with Crippen LogP contribution in [0.2, 0.25) is 0 Å². The lowest BCUT2D eigenvalue weighted by Gasteiger charge is -2.36. The molecule has 0 bridgehead atoms. The summed E-state index contributed by atoms with van der Waals surface area (Å²) in [5.41, 5.74) is 7.98. The molecule has 1 fully saturated rings. The summed E-state index contributed by atoms with van der Waals surface area (Å²) in [6.45, 7) is 8.37. The number of fused-ring (bicyclic) bond motifs is 1. The van der Waals surface area contributed by atoms with Gasteiger partial charge < -0.3 is 25.7 Å². The number of piperazine rings is 1. The average Bonchev–Trinajstić information content (AvgIpc) is 2.65. The summed E-state index contributed by atoms with van der Waals surface area (Å²) in [6, 6.07) is 3.47. The first-order valence-corrected chi connectivity index (χ1v) is 9.55. The zero-order valence-corrected chi connectivity index (χ0v) is 16.8. The van der Waals surface area contributed by atoms with E-state index < -0.39 is 0 Å². The fraction of sp³-hybridized carbons (Fsp3) is 0.550. The van der Waals surface area contributed by atoms with Crippen molar-refractivity contribution < 1.29 is 15.0 Å². The number of anilines is 2. The second-order valence-electron chi connectivity index (χ2n) is 8.47. The lowest BCUT2D eigenvalue weighted by Crippen LogP contribution is -2.49. The van der Waals surface area contributed by atoms with Gasteiger partial charge in [-0.3, -0.25) is 4.79 Å². The third-order valence-corrected chi connectivity index (χ3v) is 4.97. The number of aromatic nitrogens is 2. The van der Waals surface area contributed by atoms with Gasteiger partial charge >= 0.3 is 0 Å². The molecule has 0 radical (unpaired) electrons. The Balaban J connectivity index is 1.79. The number of nitrogen functional groups attached to an aromatic ring is 1. The van der Waals surface area contributed by atoms with Crippen molar-refractivity contribution in [1.29, 1.82) is 0 Å². The van der Waals surface area contributed by atoms with Crippen molar-refractivity contribution in [1.82, 2.24) is 14.9 Å². The van der Waals surface area contributed by atoms with E-state index in [1.807, 2.05) is 9.80 Å². The van der Waals surface area contributed by atoms with Crippen LogP contribution < -0.4 is 10.6 Å². The van der Waals surface area contributed by atoms with Crippen LogP contribution in [0.1, 0.15) is 38.3 Å². The second-order valence-corrected chi connectivity index (χ2v) is 8.47. The summed E-state index contributed by atoms with van der Waals surface area (Å²) in [6.07, 6.45) is 0.531. The normalized spacial score (nSPS) is 15.3. The maximum atomic E-state index is 12.4. The van der Waals surface area contributed by atoms with Crippen molar-refractivity contribution in [2.75, 3.05) is 36.8 Å². The predicted octanol–water partition coefficient (Wildman–Crippen LogP) is 1.28. The number of nitrogens with zero attached hydrogens (tertiary/aromatic N) is 4. The molecule has 8 heteroatoms. The van der Waals surface area contributed by atoms with E-state index in [0.717, 1.165) is 0 Å². The van der Waals surface area contributed by atoms with Crippen LogP contribution in [0.3, 0.4) is 0 Å². The number of hydrogen-bond acceptors (Lipinski definition) is 7. The first-order chi connectivity index (χ1) is 13.2. The van der Waals surface area contributed by atoms with Gasteiger partial charge in [0, 0.05) is 38.0 Å². The molecule has 1 aliphatic heterocycles. The van der Waals surface area contributed by atoms with Gasteiger partial charge in [0.25, 0.3) is 0 Å². The van der Waals surface area contributed by atoms with E-state index >= 15 is 0 Å². The molecule has 0 unspecified atom stereocenters. The van der Waals surface area contributed by atoms with Crippen LogP contribution in [0.15, 0.2) is 12.1 Å². The molecule has 1 amide bonds. The molecule has 1 aliphatic rings. The highest BCUT2D eigenvalue weighted by molar-refractivity contribution is 5.90. The molecule has 0 spiro atoms. The molecule has 28 heavy (non-hydrogen) atoms. The van der Waals surface area contributed by atoms with Crippen molar-refractivity contribution in [3.8, 4) is 0 Å². The lowest BCUT2D eigenvalue weighted by molar-refractivity contribution is -0.133. The van der Waals surface area contributed by atoms with Gasteiger partial charge in [-0.05, 0) is 28.7 Å². The van der Waals surface area contributed by atoms with Gasteiger partial charge in [-0.25, -0.2) is 4.98 Å². The molecule has 4 N–H and O–H groups in total. The SMILES string of the molecule is CC(C)(C)CC(=O)N1CCN(c2nc(N)c3cc(CO)c(CO)cc3n2)CC1. The van der Waals surface area contributed by atoms with Crippen LogP contribution in [0, 0.1) is 5.41 Å². The summed E-state index contributed by atoms with van der Waals surface area (Å²) in [4.78, 5) is 25.4. The van der Waals surface area contributed by atoms with Gasteiger partial charge in [0.1, 0.15) is 5.82 Å². The molecule has 1 saturated heterocycles. The van der Waals surface area contributed by atoms with Crippen LogP contribution in [-0.4, -0.2) is 57.2 Å². The number of carbonyl (C=O) groups excluding carboxylic acids is 1. The molecule has 8 nitrogen and oxygen atoms in total. The van der Waals surface area contributed by atoms with Crippen LogP contribution in [0.4, 0.5) is 11.8 Å². The Morgan fingerprint density at radius 2 is 1.68 bits per heavy atom. The smallest absolute Gasteiger partial charge is 0.228 e. The zero-order chi connectivity index (χ0) is 20.5. The Kier molecular flexibility index (Phi) is 5.71. The first kappa shape index (κ1) is 20.3. The lowest BCUT2D eigenvalue weighted by atomic mass is 9.91. The average molecular weight is 387 g/mol. The van der Waals surface area contributed by atoms with Gasteiger partial charge in [-0.1, -0.05) is 20.8 Å². The Morgan fingerprint density at radius 1 is 1.07 bits per heavy atom. The van der Waals surface area contributed by atoms with Crippen molar-refractivity contribution in [3.63, 3.8) is 0 Å². The Labute approximate surface area is 165 Å². The second kappa shape index (κ2) is 7.89. The van der Waals surface area contributed by atoms with E-state index in [9.17, 15) is 15.0 Å². The number of hydrogen-bond donors (Lipinski definition) is 3. The fourth-order valence-corrected chi connectivity index (χ4v) is 3.43. The Bertz CT molecular complexity index is 870. The molecule has 0 aliphatic carbocycles. The summed E-state index contributed by atoms with van der Waals surface area (Å²) < 4.78 is 0. The minimum atomic E-state index is -0.183. The van der Waals surface area contributed by atoms with E-state index in [1.54, 1.807) is 12.1 Å². The van der Waals surface area contributed by atoms with Gasteiger partial charge in [0.15, 0.2) is 0 Å². The van der Waals surface area contributed by atoms with Crippen LogP contribution in [0.25, 0.3) is 10.9 Å². The molecule has 1 aromatic heterocycles. The molecule has 2 aromatic rings. The van der Waals surface area contributed by atoms with Crippen LogP contribution in [0.5, 0.6) is 0 Å². The first-order valence-electron chi connectivity index (χ1n) is 9.55. The molecular weight excluding hydrogens is 358 g/mol. The predicted molar refractivity (Wildman–Crippen MR) is 109 cm³/mol. The molecule has 1 aromatic carbocycles. The number of amides is 1. The summed E-state index contributed by atoms with van der Waals surface area (Å²) in [5.74, 6) is 1.04. The molecule has 3 rings (SSSR count). The number of carbonyl (C=O) groups is 1. The van der Waals surface area contributed by atoms with E-state index in [1.165, 1.54) is 0 Å². The summed E-state index contributed by atoms with van der Waals surface area (Å²) >= 11 is 0. The van der Waals surface area contributed by atoms with Gasteiger partial charge in [-0.15, -0.1) is 0 Å². The number of benzene rings is 1. The van der Waals surface area contributed by atoms with E-state index in [-0.39, 0.29) is 24.5 Å². The van der Waals surface area contributed by atoms with Crippen molar-refractivity contribution in [2.24, 2.45) is 5.41 Å². The molecule has 2 heterocycles. The molecular formula is C20H29N5O3. The monoisotopic (exact) mass is 387 g/mol. The molecule has 152 valence electrons. The fourth-order valence-electron chi connectivity index (χ4n) is 3.43. The summed E-state index contributed by atoms with van der Waals surface area (Å²) in [5, 5.41) is 19.6. The minimum absolute atomic E-state index is 0.0258. The largest absolute Gasteiger partial charge is 0.392 e. The van der Waals surface area contributed by atoms with Crippen molar-refractivity contribution in [2.45, 2.75) is 40.4 Å². The van der Waals surface area contributed by atoms with Crippen molar-refractivity contribution in [3.05, 3.63) is 23.3 Å². The quantitative estimate of drug-likeness (QED) is 0.724. The Morgan fingerprint density at radius 3 is 2.25 bits per heavy atom. The third kappa shape index (κ3) is 4.34. The van der Waals surface area contributed by atoms with E-state index in [4.69, 9.17) is 5.73 Å². The van der Waals surface area contributed by atoms with Crippen LogP contribution in [-0.2, 0) is 18.0 Å². The highest BCUT2D eigenvalue weighted by Gasteiger charge is 2.26. The third-order valence-electron chi connectivity index (χ3n) is 4.97. The maximum absolute atomic E-state index is 12.4. The molecule has 0 saturated carbocycles. The van der Waals surface area contributed by atoms with Crippen LogP contribution >= 0.6 is 0 Å². The number of aliphatic hydroxyl groups is 2. The number of nitrogens with two attached hydrogens (primary N) is 1. The standard InChI is InChI=1S/C20H29N5O3/c1-20(2,3)10-17(28)24-4-6-25(7-5-24)19-22-16-9-14(12-27)13(11-26)8-15(16)18(21)23-19/h8-9,26-27H,4-7,10-12H2,1-3H3,(H2,21,22,23). The Hall–Kier alpha value is -2.45. The van der Waals surface area contributed by atoms with Gasteiger partial charge in [-0.2, -0.15) is 4.98 Å². The number of aliphatic hydroxyl groups excluding tert-OH is 2. The minimum Gasteiger partial charge on any atom is -0.392 e. The van der Waals surface area contributed by atoms with E-state index in [0.29, 0.717) is 66.4 Å². The highest BCUT2D eigenvalue weighted by Crippen LogP contribution is 2.26. The van der Waals surface area contributed by atoms with Gasteiger partial charge in [0.05, 0.1) is 18.7 Å².